The lowest BCUT2D eigenvalue weighted by Gasteiger charge is -2.46. The van der Waals surface area contributed by atoms with Gasteiger partial charge in [-0.15, -0.1) is 6.58 Å². The van der Waals surface area contributed by atoms with E-state index in [4.69, 9.17) is 0 Å². The number of benzene rings is 3. The first-order valence-electron chi connectivity index (χ1n) is 13.4. The van der Waals surface area contributed by atoms with Crippen LogP contribution in [0.15, 0.2) is 91.5 Å². The van der Waals surface area contributed by atoms with E-state index >= 15 is 0 Å². The summed E-state index contributed by atoms with van der Waals surface area (Å²) in [6, 6.07) is 20.7. The summed E-state index contributed by atoms with van der Waals surface area (Å²) in [7, 11) is 0. The highest BCUT2D eigenvalue weighted by atomic mass is 19.1. The van der Waals surface area contributed by atoms with Crippen molar-refractivity contribution < 1.29 is 23.2 Å². The molecule has 2 heterocycles. The Morgan fingerprint density at radius 3 is 2.34 bits per heavy atom. The van der Waals surface area contributed by atoms with Crippen molar-refractivity contribution in [3.05, 3.63) is 120 Å². The molecule has 2 fully saturated rings. The molecule has 0 aliphatic carbocycles. The molecule has 0 aromatic heterocycles. The number of halogens is 2. The zero-order chi connectivity index (χ0) is 28.9. The molecule has 8 nitrogen and oxygen atoms in total. The maximum absolute atomic E-state index is 14.6. The monoisotopic (exact) mass is 559 g/mol. The number of carbonyl (C=O) groups excluding carboxylic acids is 3. The Morgan fingerprint density at radius 1 is 1.00 bits per heavy atom. The van der Waals surface area contributed by atoms with Crippen molar-refractivity contribution in [3.63, 3.8) is 0 Å². The third-order valence-corrected chi connectivity index (χ3v) is 7.35. The number of nitrogens with zero attached hydrogens (tertiary/aromatic N) is 4. The van der Waals surface area contributed by atoms with Gasteiger partial charge < -0.3 is 15.1 Å². The van der Waals surface area contributed by atoms with Gasteiger partial charge in [0.2, 0.25) is 11.8 Å². The number of urea groups is 1. The minimum atomic E-state index is -0.866. The first-order chi connectivity index (χ1) is 19.9. The normalized spacial score (nSPS) is 18.8. The van der Waals surface area contributed by atoms with Gasteiger partial charge >= 0.3 is 6.03 Å². The Kier molecular flexibility index (Phi) is 8.39. The molecule has 10 heteroatoms. The van der Waals surface area contributed by atoms with E-state index in [1.807, 2.05) is 60.7 Å². The van der Waals surface area contributed by atoms with E-state index in [0.717, 1.165) is 23.3 Å². The second-order valence-corrected chi connectivity index (χ2v) is 10.1. The van der Waals surface area contributed by atoms with Crippen LogP contribution in [0.1, 0.15) is 16.7 Å². The lowest BCUT2D eigenvalue weighted by Crippen LogP contribution is -2.66. The smallest absolute Gasteiger partial charge is 0.332 e. The zero-order valence-electron chi connectivity index (χ0n) is 22.5. The molecule has 3 aromatic rings. The van der Waals surface area contributed by atoms with Crippen LogP contribution < -0.4 is 5.32 Å². The number of hydrazine groups is 1. The van der Waals surface area contributed by atoms with Crippen LogP contribution in [0.3, 0.4) is 0 Å². The average molecular weight is 560 g/mol. The minimum Gasteiger partial charge on any atom is -0.333 e. The molecular formula is C31H31F2N5O3. The van der Waals surface area contributed by atoms with Crippen molar-refractivity contribution in [1.82, 2.24) is 25.1 Å². The quantitative estimate of drug-likeness (QED) is 0.406. The third kappa shape index (κ3) is 6.12. The van der Waals surface area contributed by atoms with Crippen LogP contribution in [-0.4, -0.2) is 69.5 Å². The SMILES string of the molecule is C=CCN(C(=O)NCc1ccccc1)N1CC(=O)N2[C@@H](Cc3ccccc3)C(=O)N(Cc3ccc(F)cc3F)C[C@@H]21. The molecule has 2 aliphatic heterocycles. The molecule has 3 aromatic carbocycles. The van der Waals surface area contributed by atoms with E-state index in [2.05, 4.69) is 11.9 Å². The topological polar surface area (TPSA) is 76.2 Å². The van der Waals surface area contributed by atoms with Gasteiger partial charge in [0.05, 0.1) is 19.6 Å². The maximum Gasteiger partial charge on any atom is 0.332 e. The lowest BCUT2D eigenvalue weighted by atomic mass is 10.00. The first kappa shape index (κ1) is 28.0. The Labute approximate surface area is 237 Å². The summed E-state index contributed by atoms with van der Waals surface area (Å²) in [5.41, 5.74) is 1.93. The Bertz CT molecular complexity index is 1420. The molecule has 41 heavy (non-hydrogen) atoms. The molecule has 4 amide bonds. The second kappa shape index (κ2) is 12.3. The molecule has 0 radical (unpaired) electrons. The van der Waals surface area contributed by atoms with E-state index < -0.39 is 29.9 Å². The van der Waals surface area contributed by atoms with Gasteiger partial charge in [-0.05, 0) is 17.2 Å². The molecule has 2 aliphatic rings. The molecule has 0 saturated carbocycles. The van der Waals surface area contributed by atoms with Crippen LogP contribution in [0.25, 0.3) is 0 Å². The fourth-order valence-electron chi connectivity index (χ4n) is 5.37. The number of amides is 4. The van der Waals surface area contributed by atoms with Gasteiger partial charge in [0.25, 0.3) is 0 Å². The van der Waals surface area contributed by atoms with Gasteiger partial charge in [-0.2, -0.15) is 5.01 Å². The summed E-state index contributed by atoms with van der Waals surface area (Å²) in [6.45, 7) is 4.01. The summed E-state index contributed by atoms with van der Waals surface area (Å²) >= 11 is 0. The Balaban J connectivity index is 1.44. The summed E-state index contributed by atoms with van der Waals surface area (Å²) < 4.78 is 28.2. The molecular weight excluding hydrogens is 528 g/mol. The number of nitrogens with one attached hydrogen (secondary N) is 1. The number of piperazine rings is 1. The van der Waals surface area contributed by atoms with Crippen molar-refractivity contribution in [2.24, 2.45) is 0 Å². The van der Waals surface area contributed by atoms with Gasteiger partial charge in [-0.25, -0.2) is 13.6 Å². The molecule has 1 N–H and O–H groups in total. The number of carbonyl (C=O) groups is 3. The van der Waals surface area contributed by atoms with Crippen LogP contribution in [0, 0.1) is 11.6 Å². The summed E-state index contributed by atoms with van der Waals surface area (Å²) in [5, 5.41) is 5.96. The van der Waals surface area contributed by atoms with Crippen molar-refractivity contribution in [2.45, 2.75) is 31.7 Å². The highest BCUT2D eigenvalue weighted by Gasteiger charge is 2.52. The molecule has 2 saturated heterocycles. The fourth-order valence-corrected chi connectivity index (χ4v) is 5.37. The highest BCUT2D eigenvalue weighted by Crippen LogP contribution is 2.30. The first-order valence-corrected chi connectivity index (χ1v) is 13.4. The van der Waals surface area contributed by atoms with Crippen molar-refractivity contribution in [2.75, 3.05) is 19.6 Å². The van der Waals surface area contributed by atoms with Crippen molar-refractivity contribution in [1.29, 1.82) is 0 Å². The lowest BCUT2D eigenvalue weighted by molar-refractivity contribution is -0.157. The van der Waals surface area contributed by atoms with E-state index in [9.17, 15) is 23.2 Å². The van der Waals surface area contributed by atoms with Crippen LogP contribution in [0.4, 0.5) is 13.6 Å². The minimum absolute atomic E-state index is 0.0340. The molecule has 5 rings (SSSR count). The van der Waals surface area contributed by atoms with Crippen molar-refractivity contribution in [3.8, 4) is 0 Å². The third-order valence-electron chi connectivity index (χ3n) is 7.35. The van der Waals surface area contributed by atoms with E-state index in [1.165, 1.54) is 20.9 Å². The Hall–Kier alpha value is -4.57. The molecule has 0 unspecified atom stereocenters. The Morgan fingerprint density at radius 2 is 1.68 bits per heavy atom. The fraction of sp³-hybridized carbons (Fsp3) is 0.258. The van der Waals surface area contributed by atoms with Crippen LogP contribution in [0.5, 0.6) is 0 Å². The average Bonchev–Trinajstić information content (AvgIpc) is 3.30. The second-order valence-electron chi connectivity index (χ2n) is 10.1. The number of hydrogen-bond donors (Lipinski definition) is 1. The van der Waals surface area contributed by atoms with Gasteiger partial charge in [0.1, 0.15) is 23.8 Å². The highest BCUT2D eigenvalue weighted by molar-refractivity contribution is 5.91. The van der Waals surface area contributed by atoms with Crippen LogP contribution >= 0.6 is 0 Å². The number of fused-ring (bicyclic) bond motifs is 1. The maximum atomic E-state index is 14.6. The molecule has 2 atom stereocenters. The van der Waals surface area contributed by atoms with E-state index in [0.29, 0.717) is 0 Å². The largest absolute Gasteiger partial charge is 0.333 e. The van der Waals surface area contributed by atoms with Gasteiger partial charge in [0, 0.05) is 31.1 Å². The van der Waals surface area contributed by atoms with E-state index in [-0.39, 0.29) is 56.5 Å². The predicted molar refractivity (Wildman–Crippen MR) is 149 cm³/mol. The van der Waals surface area contributed by atoms with Gasteiger partial charge in [-0.1, -0.05) is 72.8 Å². The molecule has 212 valence electrons. The van der Waals surface area contributed by atoms with Gasteiger partial charge in [-0.3, -0.25) is 14.6 Å². The number of hydrogen-bond acceptors (Lipinski definition) is 4. The zero-order valence-corrected chi connectivity index (χ0v) is 22.5. The van der Waals surface area contributed by atoms with Crippen LogP contribution in [0.2, 0.25) is 0 Å². The predicted octanol–water partition coefficient (Wildman–Crippen LogP) is 3.70. The van der Waals surface area contributed by atoms with E-state index in [1.54, 1.807) is 11.1 Å². The standard InChI is InChI=1S/C31H31F2N5O3/c1-2-15-36(31(41)34-18-23-11-7-4-8-12-23)37-21-29(39)38-27(16-22-9-5-3-6-10-22)30(40)35(20-28(37)38)19-24-13-14-25(32)17-26(24)33/h2-14,17,27-28H,1,15-16,18-21H2,(H,34,41)/t27-,28+/m0/s1. The van der Waals surface area contributed by atoms with Crippen LogP contribution in [-0.2, 0) is 29.1 Å². The summed E-state index contributed by atoms with van der Waals surface area (Å²) in [6.07, 6.45) is 1.13. The van der Waals surface area contributed by atoms with Crippen molar-refractivity contribution >= 4 is 17.8 Å². The number of rotatable bonds is 9. The van der Waals surface area contributed by atoms with Gasteiger partial charge in [0.15, 0.2) is 0 Å². The molecule has 0 spiro atoms. The molecule has 0 bridgehead atoms. The summed E-state index contributed by atoms with van der Waals surface area (Å²) in [5.74, 6) is -2.10. The summed E-state index contributed by atoms with van der Waals surface area (Å²) in [4.78, 5) is 43.7.